The van der Waals surface area contributed by atoms with E-state index in [0.717, 1.165) is 22.3 Å². The van der Waals surface area contributed by atoms with Crippen LogP contribution in [0.25, 0.3) is 34.0 Å². The van der Waals surface area contributed by atoms with Crippen LogP contribution in [0, 0.1) is 5.82 Å². The van der Waals surface area contributed by atoms with Crippen LogP contribution in [0.3, 0.4) is 0 Å². The van der Waals surface area contributed by atoms with Crippen LogP contribution in [0.1, 0.15) is 30.5 Å². The zero-order valence-electron chi connectivity index (χ0n) is 14.9. The van der Waals surface area contributed by atoms with Gasteiger partial charge >= 0.3 is 0 Å². The zero-order valence-corrected chi connectivity index (χ0v) is 14.9. The second kappa shape index (κ2) is 6.96. The van der Waals surface area contributed by atoms with Crippen molar-refractivity contribution in [3.63, 3.8) is 0 Å². The van der Waals surface area contributed by atoms with Crippen molar-refractivity contribution in [2.45, 2.75) is 13.8 Å². The molecule has 26 heavy (non-hydrogen) atoms. The topological polar surface area (TPSA) is 32.9 Å². The fraction of sp³-hybridized carbons (Fsp3) is 0.0870. The molecular weight excluding hydrogens is 325 g/mol. The van der Waals surface area contributed by atoms with Gasteiger partial charge in [-0.25, -0.2) is 4.39 Å². The normalized spacial score (nSPS) is 11.3. The minimum atomic E-state index is -0.329. The molecule has 0 spiro atoms. The first-order chi connectivity index (χ1) is 12.6. The molecule has 0 saturated carbocycles. The highest BCUT2D eigenvalue weighted by atomic mass is 19.1. The lowest BCUT2D eigenvalue weighted by Gasteiger charge is -2.07. The molecule has 0 amide bonds. The van der Waals surface area contributed by atoms with Crippen LogP contribution < -0.4 is 5.56 Å². The van der Waals surface area contributed by atoms with Gasteiger partial charge in [0.2, 0.25) is 0 Å². The van der Waals surface area contributed by atoms with Crippen LogP contribution >= 0.6 is 0 Å². The van der Waals surface area contributed by atoms with Crippen LogP contribution in [-0.2, 0) is 0 Å². The lowest BCUT2D eigenvalue weighted by atomic mass is 10.0. The highest BCUT2D eigenvalue weighted by Crippen LogP contribution is 2.42. The summed E-state index contributed by atoms with van der Waals surface area (Å²) in [5.41, 5.74) is 5.69. The summed E-state index contributed by atoms with van der Waals surface area (Å²) >= 11 is 0. The van der Waals surface area contributed by atoms with E-state index in [2.05, 4.69) is 18.1 Å². The Morgan fingerprint density at radius 2 is 1.77 bits per heavy atom. The van der Waals surface area contributed by atoms with Crippen molar-refractivity contribution in [1.82, 2.24) is 4.98 Å². The standard InChI is InChI=1S/C21H14FNO.C2H6/c1-3-13-5-4-6-14(9-13)19-11-18-17-10-15(22)7-8-16(17)12(2)20(18)21(24)23-19;1-2/h3-11H,1-2H2,(H,23,24);1-2H3. The second-order valence-electron chi connectivity index (χ2n) is 5.80. The number of hydrogen-bond donors (Lipinski definition) is 1. The average Bonchev–Trinajstić information content (AvgIpc) is 2.95. The molecular formula is C23H20FNO. The van der Waals surface area contributed by atoms with Crippen molar-refractivity contribution in [3.05, 3.63) is 94.6 Å². The van der Waals surface area contributed by atoms with Gasteiger partial charge in [0.25, 0.3) is 5.56 Å². The van der Waals surface area contributed by atoms with Gasteiger partial charge in [-0.15, -0.1) is 0 Å². The Hall–Kier alpha value is -3.20. The van der Waals surface area contributed by atoms with E-state index in [4.69, 9.17) is 0 Å². The molecule has 1 heterocycles. The lowest BCUT2D eigenvalue weighted by molar-refractivity contribution is 0.628. The van der Waals surface area contributed by atoms with Crippen LogP contribution in [0.5, 0.6) is 0 Å². The molecule has 1 aromatic heterocycles. The number of nitrogens with one attached hydrogen (secondary N) is 1. The summed E-state index contributed by atoms with van der Waals surface area (Å²) in [6.45, 7) is 11.8. The van der Waals surface area contributed by atoms with E-state index in [1.165, 1.54) is 12.1 Å². The summed E-state index contributed by atoms with van der Waals surface area (Å²) in [6, 6.07) is 14.1. The van der Waals surface area contributed by atoms with E-state index in [-0.39, 0.29) is 11.4 Å². The number of H-pyrrole nitrogens is 1. The monoisotopic (exact) mass is 345 g/mol. The maximum absolute atomic E-state index is 13.7. The van der Waals surface area contributed by atoms with Gasteiger partial charge in [0.1, 0.15) is 5.82 Å². The summed E-state index contributed by atoms with van der Waals surface area (Å²) < 4.78 is 13.7. The number of fused-ring (bicyclic) bond motifs is 3. The predicted octanol–water partition coefficient (Wildman–Crippen LogP) is 5.89. The number of aromatic nitrogens is 1. The van der Waals surface area contributed by atoms with Gasteiger partial charge in [-0.1, -0.05) is 57.3 Å². The maximum atomic E-state index is 13.7. The largest absolute Gasteiger partial charge is 0.321 e. The lowest BCUT2D eigenvalue weighted by Crippen LogP contribution is -2.11. The minimum absolute atomic E-state index is 0.215. The third-order valence-electron chi connectivity index (χ3n) is 4.37. The first-order valence-corrected chi connectivity index (χ1v) is 8.58. The quantitative estimate of drug-likeness (QED) is 0.482. The van der Waals surface area contributed by atoms with Gasteiger partial charge in [-0.2, -0.15) is 0 Å². The van der Waals surface area contributed by atoms with E-state index >= 15 is 0 Å². The molecule has 130 valence electrons. The minimum Gasteiger partial charge on any atom is -0.321 e. The van der Waals surface area contributed by atoms with Crippen LogP contribution in [-0.4, -0.2) is 4.98 Å². The van der Waals surface area contributed by atoms with Gasteiger partial charge in [-0.05, 0) is 57.7 Å². The fourth-order valence-corrected chi connectivity index (χ4v) is 3.20. The van der Waals surface area contributed by atoms with E-state index in [1.54, 1.807) is 12.1 Å². The number of benzene rings is 2. The third-order valence-corrected chi connectivity index (χ3v) is 4.37. The Bertz CT molecular complexity index is 1080. The first kappa shape index (κ1) is 17.6. The Balaban J connectivity index is 0.000000948. The number of halogens is 1. The van der Waals surface area contributed by atoms with Crippen molar-refractivity contribution in [2.24, 2.45) is 0 Å². The molecule has 1 aliphatic rings. The Morgan fingerprint density at radius 1 is 1.00 bits per heavy atom. The molecule has 2 nitrogen and oxygen atoms in total. The van der Waals surface area contributed by atoms with Crippen LogP contribution in [0.4, 0.5) is 4.39 Å². The fourth-order valence-electron chi connectivity index (χ4n) is 3.20. The molecule has 0 aliphatic heterocycles. The SMILES string of the molecule is C=Cc1cccc(-c2cc3c(c(=O)[nH]2)C(=C)c2ccc(F)cc2-3)c1.CC. The van der Waals surface area contributed by atoms with Gasteiger partial charge < -0.3 is 4.98 Å². The number of aromatic amines is 1. The van der Waals surface area contributed by atoms with Gasteiger partial charge in [-0.3, -0.25) is 4.79 Å². The third kappa shape index (κ3) is 2.82. The van der Waals surface area contributed by atoms with Crippen LogP contribution in [0.2, 0.25) is 0 Å². The molecule has 3 aromatic rings. The van der Waals surface area contributed by atoms with Gasteiger partial charge in [0.15, 0.2) is 0 Å². The highest BCUT2D eigenvalue weighted by molar-refractivity contribution is 6.00. The molecule has 2 aromatic carbocycles. The summed E-state index contributed by atoms with van der Waals surface area (Å²) in [6.07, 6.45) is 1.75. The summed E-state index contributed by atoms with van der Waals surface area (Å²) in [7, 11) is 0. The second-order valence-corrected chi connectivity index (χ2v) is 5.80. The van der Waals surface area contributed by atoms with Crippen molar-refractivity contribution in [3.8, 4) is 22.4 Å². The van der Waals surface area contributed by atoms with Crippen molar-refractivity contribution >= 4 is 11.6 Å². The van der Waals surface area contributed by atoms with E-state index in [9.17, 15) is 9.18 Å². The smallest absolute Gasteiger partial charge is 0.256 e. The zero-order chi connectivity index (χ0) is 18.8. The Morgan fingerprint density at radius 3 is 2.50 bits per heavy atom. The maximum Gasteiger partial charge on any atom is 0.256 e. The molecule has 4 rings (SSSR count). The van der Waals surface area contributed by atoms with Crippen LogP contribution in [0.15, 0.2) is 66.5 Å². The predicted molar refractivity (Wildman–Crippen MR) is 107 cm³/mol. The first-order valence-electron chi connectivity index (χ1n) is 8.58. The van der Waals surface area contributed by atoms with Crippen molar-refractivity contribution in [1.29, 1.82) is 0 Å². The Labute approximate surface area is 152 Å². The number of hydrogen-bond acceptors (Lipinski definition) is 1. The Kier molecular flexibility index (Phi) is 4.72. The summed E-state index contributed by atoms with van der Waals surface area (Å²) in [5.74, 6) is -0.329. The summed E-state index contributed by atoms with van der Waals surface area (Å²) in [4.78, 5) is 15.5. The average molecular weight is 345 g/mol. The molecule has 1 N–H and O–H groups in total. The van der Waals surface area contributed by atoms with Gasteiger partial charge in [0, 0.05) is 5.69 Å². The molecule has 0 bridgehead atoms. The number of rotatable bonds is 2. The molecule has 0 saturated heterocycles. The molecule has 0 atom stereocenters. The molecule has 3 heteroatoms. The highest BCUT2D eigenvalue weighted by Gasteiger charge is 2.26. The molecule has 0 radical (unpaired) electrons. The molecule has 0 fully saturated rings. The van der Waals surface area contributed by atoms with E-state index in [0.29, 0.717) is 22.4 Å². The van der Waals surface area contributed by atoms with E-state index < -0.39 is 0 Å². The molecule has 1 aliphatic carbocycles. The molecule has 0 unspecified atom stereocenters. The van der Waals surface area contributed by atoms with Crippen molar-refractivity contribution in [2.75, 3.05) is 0 Å². The van der Waals surface area contributed by atoms with Crippen molar-refractivity contribution < 1.29 is 4.39 Å². The summed E-state index contributed by atoms with van der Waals surface area (Å²) in [5, 5.41) is 0. The van der Waals surface area contributed by atoms with E-state index in [1.807, 2.05) is 44.2 Å². The number of pyridine rings is 1. The van der Waals surface area contributed by atoms with Gasteiger partial charge in [0.05, 0.1) is 5.56 Å².